The first-order valence-corrected chi connectivity index (χ1v) is 9.25. The van der Waals surface area contributed by atoms with Gasteiger partial charge in [0.05, 0.1) is 6.26 Å². The summed E-state index contributed by atoms with van der Waals surface area (Å²) in [6, 6.07) is 14.7. The highest BCUT2D eigenvalue weighted by atomic mass is 32.2. The first-order chi connectivity index (χ1) is 11.2. The molecule has 0 unspecified atom stereocenters. The van der Waals surface area contributed by atoms with Crippen LogP contribution >= 0.6 is 23.1 Å². The number of hydrogen-bond acceptors (Lipinski definition) is 5. The molecule has 0 saturated carbocycles. The number of aryl methyl sites for hydroxylation is 1. The van der Waals surface area contributed by atoms with Crippen LogP contribution in [0, 0.1) is 6.92 Å². The molecule has 2 aromatic carbocycles. The molecule has 4 aromatic rings. The summed E-state index contributed by atoms with van der Waals surface area (Å²) >= 11 is 3.35. The van der Waals surface area contributed by atoms with Crippen molar-refractivity contribution in [2.24, 2.45) is 0 Å². The summed E-state index contributed by atoms with van der Waals surface area (Å²) in [7, 11) is 0. The normalized spacial score (nSPS) is 11.2. The van der Waals surface area contributed by atoms with Crippen molar-refractivity contribution in [2.45, 2.75) is 11.8 Å². The van der Waals surface area contributed by atoms with Gasteiger partial charge in [0.15, 0.2) is 0 Å². The molecule has 0 radical (unpaired) electrons. The van der Waals surface area contributed by atoms with Crippen LogP contribution in [-0.2, 0) is 0 Å². The smallest absolute Gasteiger partial charge is 0.147 e. The third kappa shape index (κ3) is 2.66. The van der Waals surface area contributed by atoms with Gasteiger partial charge in [-0.15, -0.1) is 22.0 Å². The van der Waals surface area contributed by atoms with Crippen LogP contribution in [0.2, 0.25) is 0 Å². The lowest BCUT2D eigenvalue weighted by Crippen LogP contribution is -1.79. The first kappa shape index (κ1) is 14.5. The second-order valence-electron chi connectivity index (χ2n) is 5.22. The van der Waals surface area contributed by atoms with E-state index in [9.17, 15) is 0 Å². The van der Waals surface area contributed by atoms with E-state index in [4.69, 9.17) is 4.42 Å². The molecule has 0 aliphatic rings. The molecular weight excluding hydrogens is 324 g/mol. The van der Waals surface area contributed by atoms with Crippen LogP contribution in [0.4, 0.5) is 0 Å². The second kappa shape index (κ2) is 5.83. The number of thioether (sulfide) groups is 1. The Kier molecular flexibility index (Phi) is 3.67. The summed E-state index contributed by atoms with van der Waals surface area (Å²) in [5.41, 5.74) is 4.23. The molecule has 4 rings (SSSR count). The Labute approximate surface area is 142 Å². The van der Waals surface area contributed by atoms with Gasteiger partial charge in [-0.25, -0.2) is 0 Å². The van der Waals surface area contributed by atoms with Gasteiger partial charge in [0, 0.05) is 21.4 Å². The van der Waals surface area contributed by atoms with Gasteiger partial charge >= 0.3 is 0 Å². The fourth-order valence-corrected chi connectivity index (χ4v) is 3.67. The Morgan fingerprint density at radius 1 is 1.00 bits per heavy atom. The molecule has 0 aliphatic heterocycles. The fourth-order valence-electron chi connectivity index (χ4n) is 2.57. The van der Waals surface area contributed by atoms with E-state index in [1.807, 2.05) is 25.3 Å². The molecule has 114 valence electrons. The molecular formula is C18H14N2OS2. The summed E-state index contributed by atoms with van der Waals surface area (Å²) in [4.78, 5) is 1.26. The van der Waals surface area contributed by atoms with Gasteiger partial charge in [0.2, 0.25) is 0 Å². The van der Waals surface area contributed by atoms with Crippen molar-refractivity contribution in [3.63, 3.8) is 0 Å². The minimum Gasteiger partial charge on any atom is -0.464 e. The molecule has 0 amide bonds. The standard InChI is InChI=1S/C18H14N2OS2/c1-11-19-20-18(23-11)13-5-8-17-15(9-13)16(10-21-17)12-3-6-14(22-2)7-4-12/h3-10H,1-2H3. The molecule has 0 atom stereocenters. The summed E-state index contributed by atoms with van der Waals surface area (Å²) in [5, 5.41) is 11.4. The van der Waals surface area contributed by atoms with Crippen molar-refractivity contribution < 1.29 is 4.42 Å². The predicted molar refractivity (Wildman–Crippen MR) is 97.1 cm³/mol. The van der Waals surface area contributed by atoms with E-state index >= 15 is 0 Å². The monoisotopic (exact) mass is 338 g/mol. The molecule has 2 aromatic heterocycles. The van der Waals surface area contributed by atoms with Crippen LogP contribution < -0.4 is 0 Å². The molecule has 3 nitrogen and oxygen atoms in total. The summed E-state index contributed by atoms with van der Waals surface area (Å²) in [6.45, 7) is 1.97. The Hall–Kier alpha value is -2.11. The van der Waals surface area contributed by atoms with Crippen LogP contribution in [-0.4, -0.2) is 16.5 Å². The predicted octanol–water partition coefficient (Wildman–Crippen LogP) is 5.65. The Morgan fingerprint density at radius 2 is 1.78 bits per heavy atom. The van der Waals surface area contributed by atoms with Gasteiger partial charge in [-0.1, -0.05) is 23.5 Å². The van der Waals surface area contributed by atoms with Gasteiger partial charge in [0.1, 0.15) is 15.6 Å². The lowest BCUT2D eigenvalue weighted by molar-refractivity contribution is 0.617. The van der Waals surface area contributed by atoms with Crippen LogP contribution in [0.1, 0.15) is 5.01 Å². The third-order valence-electron chi connectivity index (χ3n) is 3.75. The van der Waals surface area contributed by atoms with Crippen LogP contribution in [0.5, 0.6) is 0 Å². The lowest BCUT2D eigenvalue weighted by atomic mass is 10.0. The van der Waals surface area contributed by atoms with Crippen molar-refractivity contribution in [1.82, 2.24) is 10.2 Å². The molecule has 0 saturated heterocycles. The molecule has 0 fully saturated rings. The van der Waals surface area contributed by atoms with E-state index in [1.165, 1.54) is 4.90 Å². The fraction of sp³-hybridized carbons (Fsp3) is 0.111. The number of benzene rings is 2. The number of rotatable bonds is 3. The van der Waals surface area contributed by atoms with Gasteiger partial charge in [0.25, 0.3) is 0 Å². The summed E-state index contributed by atoms with van der Waals surface area (Å²) < 4.78 is 5.72. The SMILES string of the molecule is CSc1ccc(-c2coc3ccc(-c4nnc(C)s4)cc23)cc1. The van der Waals surface area contributed by atoms with Crippen molar-refractivity contribution in [2.75, 3.05) is 6.26 Å². The topological polar surface area (TPSA) is 38.9 Å². The van der Waals surface area contributed by atoms with E-state index in [-0.39, 0.29) is 0 Å². The Bertz CT molecular complexity index is 970. The van der Waals surface area contributed by atoms with E-state index in [2.05, 4.69) is 46.8 Å². The molecule has 2 heterocycles. The lowest BCUT2D eigenvalue weighted by Gasteiger charge is -2.02. The zero-order valence-electron chi connectivity index (χ0n) is 12.7. The van der Waals surface area contributed by atoms with E-state index < -0.39 is 0 Å². The van der Waals surface area contributed by atoms with Crippen molar-refractivity contribution in [3.05, 3.63) is 53.7 Å². The quantitative estimate of drug-likeness (QED) is 0.453. The number of nitrogens with zero attached hydrogens (tertiary/aromatic N) is 2. The number of aromatic nitrogens is 2. The maximum Gasteiger partial charge on any atom is 0.147 e. The van der Waals surface area contributed by atoms with Gasteiger partial charge in [-0.3, -0.25) is 0 Å². The Morgan fingerprint density at radius 3 is 2.48 bits per heavy atom. The molecule has 0 aliphatic carbocycles. The highest BCUT2D eigenvalue weighted by Gasteiger charge is 2.11. The van der Waals surface area contributed by atoms with Crippen molar-refractivity contribution in [1.29, 1.82) is 0 Å². The minimum atomic E-state index is 0.888. The van der Waals surface area contributed by atoms with Gasteiger partial charge in [-0.2, -0.15) is 0 Å². The van der Waals surface area contributed by atoms with Crippen LogP contribution in [0.25, 0.3) is 32.7 Å². The van der Waals surface area contributed by atoms with E-state index in [0.717, 1.165) is 37.7 Å². The zero-order chi connectivity index (χ0) is 15.8. The van der Waals surface area contributed by atoms with E-state index in [0.29, 0.717) is 0 Å². The first-order valence-electron chi connectivity index (χ1n) is 7.21. The van der Waals surface area contributed by atoms with Gasteiger partial charge in [-0.05, 0) is 49.1 Å². The summed E-state index contributed by atoms with van der Waals surface area (Å²) in [6.07, 6.45) is 3.91. The molecule has 5 heteroatoms. The highest BCUT2D eigenvalue weighted by molar-refractivity contribution is 7.98. The van der Waals surface area contributed by atoms with Gasteiger partial charge < -0.3 is 4.42 Å². The third-order valence-corrected chi connectivity index (χ3v) is 5.38. The van der Waals surface area contributed by atoms with Crippen LogP contribution in [0.3, 0.4) is 0 Å². The maximum absolute atomic E-state index is 5.72. The Balaban J connectivity index is 1.83. The highest BCUT2D eigenvalue weighted by Crippen LogP contribution is 2.35. The average Bonchev–Trinajstić information content (AvgIpc) is 3.20. The molecule has 0 bridgehead atoms. The zero-order valence-corrected chi connectivity index (χ0v) is 14.4. The summed E-state index contributed by atoms with van der Waals surface area (Å²) in [5.74, 6) is 0. The largest absolute Gasteiger partial charge is 0.464 e. The van der Waals surface area contributed by atoms with E-state index in [1.54, 1.807) is 23.1 Å². The van der Waals surface area contributed by atoms with Crippen LogP contribution in [0.15, 0.2) is 58.0 Å². The molecule has 0 spiro atoms. The maximum atomic E-state index is 5.72. The number of furan rings is 1. The van der Waals surface area contributed by atoms with Crippen molar-refractivity contribution in [3.8, 4) is 21.7 Å². The average molecular weight is 338 g/mol. The second-order valence-corrected chi connectivity index (χ2v) is 7.28. The molecule has 0 N–H and O–H groups in total. The number of fused-ring (bicyclic) bond motifs is 1. The molecule has 23 heavy (non-hydrogen) atoms. The van der Waals surface area contributed by atoms with Crippen molar-refractivity contribution >= 4 is 34.1 Å². The number of hydrogen-bond donors (Lipinski definition) is 0. The minimum absolute atomic E-state index is 0.888.